The van der Waals surface area contributed by atoms with Crippen molar-refractivity contribution in [2.45, 2.75) is 38.8 Å². The average Bonchev–Trinajstić information content (AvgIpc) is 3.06. The number of benzene rings is 1. The zero-order valence-corrected chi connectivity index (χ0v) is 18.2. The summed E-state index contributed by atoms with van der Waals surface area (Å²) in [7, 11) is -3.27. The Labute approximate surface area is 173 Å². The molecule has 0 bridgehead atoms. The predicted octanol–water partition coefficient (Wildman–Crippen LogP) is 6.91. The zero-order chi connectivity index (χ0) is 20.3. The molecule has 0 saturated carbocycles. The van der Waals surface area contributed by atoms with E-state index < -0.39 is 13.5 Å². The van der Waals surface area contributed by atoms with Gasteiger partial charge in [-0.15, -0.1) is 11.3 Å². The van der Waals surface area contributed by atoms with Crippen LogP contribution in [-0.2, 0) is 9.09 Å². The molecule has 0 saturated heterocycles. The molecule has 0 amide bonds. The van der Waals surface area contributed by atoms with Crippen molar-refractivity contribution in [2.75, 3.05) is 11.7 Å². The van der Waals surface area contributed by atoms with Crippen LogP contribution in [0.3, 0.4) is 0 Å². The smallest absolute Gasteiger partial charge is 0.348 e. The highest BCUT2D eigenvalue weighted by Crippen LogP contribution is 2.57. The van der Waals surface area contributed by atoms with E-state index in [4.69, 9.17) is 16.1 Å². The van der Waals surface area contributed by atoms with Crippen LogP contribution in [0.2, 0.25) is 5.02 Å². The molecule has 1 aliphatic carbocycles. The minimum Gasteiger partial charge on any atom is -0.477 e. The number of carboxylic acid groups (broad SMARTS) is 1. The Hall–Kier alpha value is -1.59. The lowest BCUT2D eigenvalue weighted by atomic mass is 10.0. The van der Waals surface area contributed by atoms with Crippen molar-refractivity contribution in [2.24, 2.45) is 0 Å². The normalized spacial score (nSPS) is 19.0. The Kier molecular flexibility index (Phi) is 6.66. The van der Waals surface area contributed by atoms with E-state index in [1.165, 1.54) is 5.57 Å². The highest BCUT2D eigenvalue weighted by Gasteiger charge is 2.36. The van der Waals surface area contributed by atoms with Crippen LogP contribution in [0.5, 0.6) is 0 Å². The van der Waals surface area contributed by atoms with E-state index in [1.54, 1.807) is 25.1 Å². The van der Waals surface area contributed by atoms with Gasteiger partial charge in [-0.1, -0.05) is 35.4 Å². The summed E-state index contributed by atoms with van der Waals surface area (Å²) in [6.07, 6.45) is 4.37. The second-order valence-electron chi connectivity index (χ2n) is 6.77. The molecular formula is C20H23ClNO4PS. The standard InChI is InChI=1S/C20H23ClNO4PS/c1-3-26-27(25,16-10-4-13(2)5-11-16)22-17-12-18(28-19(17)20(23)24)14-6-8-15(21)9-7-14/h4,6-9,12,16H,3,5,10-11H2,1-2H3,(H,22,25)(H,23,24). The number of anilines is 1. The molecule has 1 aromatic heterocycles. The van der Waals surface area contributed by atoms with E-state index in [2.05, 4.69) is 18.1 Å². The van der Waals surface area contributed by atoms with Crippen LogP contribution in [0, 0.1) is 0 Å². The number of carboxylic acids is 1. The lowest BCUT2D eigenvalue weighted by Crippen LogP contribution is -2.19. The number of allylic oxidation sites excluding steroid dienone is 2. The summed E-state index contributed by atoms with van der Waals surface area (Å²) < 4.78 is 19.3. The van der Waals surface area contributed by atoms with E-state index in [9.17, 15) is 14.5 Å². The highest BCUT2D eigenvalue weighted by atomic mass is 35.5. The van der Waals surface area contributed by atoms with Crippen LogP contribution in [0.4, 0.5) is 5.69 Å². The summed E-state index contributed by atoms with van der Waals surface area (Å²) in [5.74, 6) is -1.06. The van der Waals surface area contributed by atoms with Gasteiger partial charge in [-0.05, 0) is 56.9 Å². The third kappa shape index (κ3) is 4.69. The largest absolute Gasteiger partial charge is 0.477 e. The van der Waals surface area contributed by atoms with E-state index in [0.717, 1.165) is 34.6 Å². The van der Waals surface area contributed by atoms with Crippen molar-refractivity contribution in [3.05, 3.63) is 51.9 Å². The molecule has 2 atom stereocenters. The van der Waals surface area contributed by atoms with Gasteiger partial charge in [0.1, 0.15) is 4.88 Å². The summed E-state index contributed by atoms with van der Waals surface area (Å²) in [6.45, 7) is 4.15. The first kappa shape index (κ1) is 21.1. The van der Waals surface area contributed by atoms with Crippen LogP contribution < -0.4 is 5.09 Å². The van der Waals surface area contributed by atoms with Crippen molar-refractivity contribution < 1.29 is 19.0 Å². The predicted molar refractivity (Wildman–Crippen MR) is 116 cm³/mol. The van der Waals surface area contributed by atoms with Crippen molar-refractivity contribution >= 4 is 42.1 Å². The number of hydrogen-bond donors (Lipinski definition) is 2. The molecule has 28 heavy (non-hydrogen) atoms. The molecule has 8 heteroatoms. The van der Waals surface area contributed by atoms with E-state index >= 15 is 0 Å². The molecular weight excluding hydrogens is 417 g/mol. The molecule has 2 aromatic rings. The maximum absolute atomic E-state index is 13.6. The monoisotopic (exact) mass is 439 g/mol. The molecule has 1 heterocycles. The molecule has 0 spiro atoms. The maximum Gasteiger partial charge on any atom is 0.348 e. The maximum atomic E-state index is 13.6. The van der Waals surface area contributed by atoms with E-state index in [1.807, 2.05) is 12.1 Å². The summed E-state index contributed by atoms with van der Waals surface area (Å²) in [5, 5.41) is 13.3. The molecule has 2 N–H and O–H groups in total. The minimum atomic E-state index is -3.27. The molecule has 1 aliphatic rings. The summed E-state index contributed by atoms with van der Waals surface area (Å²) in [6, 6.07) is 8.91. The fourth-order valence-electron chi connectivity index (χ4n) is 3.24. The number of hydrogen-bond acceptors (Lipinski definition) is 4. The number of thiophene rings is 1. The summed E-state index contributed by atoms with van der Waals surface area (Å²) in [4.78, 5) is 12.7. The Bertz CT molecular complexity index is 938. The first-order chi connectivity index (χ1) is 13.3. The fraction of sp³-hybridized carbons (Fsp3) is 0.350. The molecule has 0 aliphatic heterocycles. The van der Waals surface area contributed by atoms with Gasteiger partial charge in [-0.25, -0.2) is 4.79 Å². The van der Waals surface area contributed by atoms with Gasteiger partial charge in [-0.2, -0.15) is 0 Å². The topological polar surface area (TPSA) is 75.6 Å². The molecule has 2 unspecified atom stereocenters. The highest BCUT2D eigenvalue weighted by molar-refractivity contribution is 7.61. The van der Waals surface area contributed by atoms with Gasteiger partial charge < -0.3 is 14.7 Å². The first-order valence-corrected chi connectivity index (χ1v) is 12.0. The number of rotatable bonds is 7. The quantitative estimate of drug-likeness (QED) is 0.362. The Morgan fingerprint density at radius 3 is 2.68 bits per heavy atom. The Morgan fingerprint density at radius 1 is 1.39 bits per heavy atom. The molecule has 0 fully saturated rings. The number of aromatic carboxylic acids is 1. The second kappa shape index (κ2) is 8.83. The lowest BCUT2D eigenvalue weighted by molar-refractivity contribution is 0.0703. The third-order valence-corrected chi connectivity index (χ3v) is 8.79. The average molecular weight is 440 g/mol. The SMILES string of the molecule is CCOP(=O)(Nc1cc(-c2ccc(Cl)cc2)sc1C(=O)O)C1CC=C(C)CC1. The Morgan fingerprint density at radius 2 is 2.11 bits per heavy atom. The first-order valence-electron chi connectivity index (χ1n) is 9.13. The lowest BCUT2D eigenvalue weighted by Gasteiger charge is -2.30. The van der Waals surface area contributed by atoms with Crippen LogP contribution in [0.25, 0.3) is 10.4 Å². The second-order valence-corrected chi connectivity index (χ2v) is 10.7. The van der Waals surface area contributed by atoms with Gasteiger partial charge in [0.2, 0.25) is 0 Å². The summed E-state index contributed by atoms with van der Waals surface area (Å²) in [5.41, 5.74) is 2.31. The van der Waals surface area contributed by atoms with Gasteiger partial charge in [-0.3, -0.25) is 4.57 Å². The van der Waals surface area contributed by atoms with Crippen LogP contribution in [0.15, 0.2) is 42.0 Å². The van der Waals surface area contributed by atoms with Crippen LogP contribution in [0.1, 0.15) is 42.8 Å². The number of halogens is 1. The number of carbonyl (C=O) groups is 1. The Balaban J connectivity index is 1.95. The van der Waals surface area contributed by atoms with E-state index in [0.29, 0.717) is 23.7 Å². The van der Waals surface area contributed by atoms with Crippen molar-refractivity contribution in [3.63, 3.8) is 0 Å². The molecule has 3 rings (SSSR count). The van der Waals surface area contributed by atoms with Gasteiger partial charge in [0.15, 0.2) is 0 Å². The molecule has 1 aromatic carbocycles. The molecule has 0 radical (unpaired) electrons. The van der Waals surface area contributed by atoms with Crippen molar-refractivity contribution in [3.8, 4) is 10.4 Å². The van der Waals surface area contributed by atoms with Crippen LogP contribution in [-0.4, -0.2) is 23.3 Å². The molecule has 150 valence electrons. The van der Waals surface area contributed by atoms with Gasteiger partial charge in [0.25, 0.3) is 7.52 Å². The minimum absolute atomic E-state index is 0.118. The van der Waals surface area contributed by atoms with E-state index in [-0.39, 0.29) is 10.5 Å². The van der Waals surface area contributed by atoms with Gasteiger partial charge in [0.05, 0.1) is 18.0 Å². The van der Waals surface area contributed by atoms with Crippen LogP contribution >= 0.6 is 30.5 Å². The van der Waals surface area contributed by atoms with Crippen molar-refractivity contribution in [1.82, 2.24) is 0 Å². The summed E-state index contributed by atoms with van der Waals surface area (Å²) >= 11 is 7.08. The van der Waals surface area contributed by atoms with Gasteiger partial charge >= 0.3 is 5.97 Å². The van der Waals surface area contributed by atoms with Crippen molar-refractivity contribution in [1.29, 1.82) is 0 Å². The fourth-order valence-corrected chi connectivity index (χ4v) is 6.60. The molecule has 5 nitrogen and oxygen atoms in total. The zero-order valence-electron chi connectivity index (χ0n) is 15.8. The van der Waals surface area contributed by atoms with Gasteiger partial charge in [0, 0.05) is 9.90 Å². The third-order valence-electron chi connectivity index (χ3n) is 4.74. The number of nitrogens with one attached hydrogen (secondary N) is 1.